The molecule has 1 saturated carbocycles. The first-order valence-corrected chi connectivity index (χ1v) is 6.67. The average molecular weight is 264 g/mol. The van der Waals surface area contributed by atoms with Crippen molar-refractivity contribution >= 4 is 5.97 Å². The van der Waals surface area contributed by atoms with E-state index in [9.17, 15) is 14.7 Å². The molecule has 1 aromatic rings. The third-order valence-electron chi connectivity index (χ3n) is 3.61. The van der Waals surface area contributed by atoms with Crippen LogP contribution in [0.2, 0.25) is 0 Å². The largest absolute Gasteiger partial charge is 0.478 e. The molecule has 104 valence electrons. The van der Waals surface area contributed by atoms with Gasteiger partial charge in [0, 0.05) is 17.7 Å². The molecule has 1 fully saturated rings. The van der Waals surface area contributed by atoms with E-state index >= 15 is 0 Å². The number of carboxylic acids is 1. The van der Waals surface area contributed by atoms with Crippen LogP contribution in [0.1, 0.15) is 68.5 Å². The molecule has 0 saturated heterocycles. The summed E-state index contributed by atoms with van der Waals surface area (Å²) >= 11 is 0. The second kappa shape index (κ2) is 4.79. The molecule has 1 heterocycles. The van der Waals surface area contributed by atoms with Crippen LogP contribution in [-0.4, -0.2) is 20.6 Å². The van der Waals surface area contributed by atoms with Gasteiger partial charge in [-0.2, -0.15) is 4.98 Å². The fraction of sp³-hybridized carbons (Fsp3) is 0.643. The maximum Gasteiger partial charge on any atom is 0.348 e. The van der Waals surface area contributed by atoms with Gasteiger partial charge in [-0.05, 0) is 12.8 Å². The minimum atomic E-state index is -1.02. The molecule has 0 amide bonds. The SMILES string of the molecule is CC(C)(C)c1nc(=O)n(C2CCCC2)cc1C(=O)O. The minimum absolute atomic E-state index is 0.104. The fourth-order valence-corrected chi connectivity index (χ4v) is 2.64. The first kappa shape index (κ1) is 13.8. The molecule has 19 heavy (non-hydrogen) atoms. The normalized spacial score (nSPS) is 16.8. The molecule has 1 aliphatic carbocycles. The molecule has 0 bridgehead atoms. The summed E-state index contributed by atoms with van der Waals surface area (Å²) in [7, 11) is 0. The zero-order valence-corrected chi connectivity index (χ0v) is 11.6. The van der Waals surface area contributed by atoms with E-state index in [2.05, 4.69) is 4.98 Å². The van der Waals surface area contributed by atoms with Crippen LogP contribution < -0.4 is 5.69 Å². The van der Waals surface area contributed by atoms with Crippen LogP contribution in [0.5, 0.6) is 0 Å². The summed E-state index contributed by atoms with van der Waals surface area (Å²) in [5, 5.41) is 9.33. The summed E-state index contributed by atoms with van der Waals surface area (Å²) < 4.78 is 1.51. The monoisotopic (exact) mass is 264 g/mol. The van der Waals surface area contributed by atoms with Crippen LogP contribution in [0.15, 0.2) is 11.0 Å². The van der Waals surface area contributed by atoms with Gasteiger partial charge in [0.15, 0.2) is 0 Å². The molecule has 0 spiro atoms. The van der Waals surface area contributed by atoms with E-state index < -0.39 is 11.4 Å². The van der Waals surface area contributed by atoms with E-state index in [1.165, 1.54) is 10.8 Å². The Bertz CT molecular complexity index is 549. The third kappa shape index (κ3) is 2.69. The Morgan fingerprint density at radius 3 is 2.42 bits per heavy atom. The first-order valence-electron chi connectivity index (χ1n) is 6.67. The van der Waals surface area contributed by atoms with E-state index in [1.807, 2.05) is 20.8 Å². The van der Waals surface area contributed by atoms with Crippen LogP contribution in [0.3, 0.4) is 0 Å². The van der Waals surface area contributed by atoms with E-state index in [4.69, 9.17) is 0 Å². The van der Waals surface area contributed by atoms with Crippen molar-refractivity contribution in [3.05, 3.63) is 27.9 Å². The van der Waals surface area contributed by atoms with E-state index in [0.717, 1.165) is 25.7 Å². The van der Waals surface area contributed by atoms with Gasteiger partial charge in [0.05, 0.1) is 11.3 Å². The van der Waals surface area contributed by atoms with Crippen LogP contribution in [0.25, 0.3) is 0 Å². The van der Waals surface area contributed by atoms with Crippen LogP contribution in [0.4, 0.5) is 0 Å². The predicted octanol–water partition coefficient (Wildman–Crippen LogP) is 2.35. The minimum Gasteiger partial charge on any atom is -0.478 e. The van der Waals surface area contributed by atoms with Crippen LogP contribution >= 0.6 is 0 Å². The van der Waals surface area contributed by atoms with Gasteiger partial charge in [-0.15, -0.1) is 0 Å². The lowest BCUT2D eigenvalue weighted by molar-refractivity contribution is 0.0691. The Morgan fingerprint density at radius 1 is 1.37 bits per heavy atom. The maximum absolute atomic E-state index is 12.1. The number of carbonyl (C=O) groups is 1. The molecule has 0 unspecified atom stereocenters. The van der Waals surface area contributed by atoms with Crippen molar-refractivity contribution in [1.82, 2.24) is 9.55 Å². The van der Waals surface area contributed by atoms with Crippen molar-refractivity contribution in [2.75, 3.05) is 0 Å². The van der Waals surface area contributed by atoms with Crippen molar-refractivity contribution in [2.24, 2.45) is 0 Å². The highest BCUT2D eigenvalue weighted by molar-refractivity contribution is 5.88. The van der Waals surface area contributed by atoms with Gasteiger partial charge in [-0.1, -0.05) is 33.6 Å². The van der Waals surface area contributed by atoms with Crippen molar-refractivity contribution in [2.45, 2.75) is 57.9 Å². The van der Waals surface area contributed by atoms with Crippen molar-refractivity contribution < 1.29 is 9.90 Å². The quantitative estimate of drug-likeness (QED) is 0.890. The molecule has 0 radical (unpaired) electrons. The van der Waals surface area contributed by atoms with Gasteiger partial charge in [0.1, 0.15) is 0 Å². The van der Waals surface area contributed by atoms with E-state index in [-0.39, 0.29) is 17.3 Å². The number of aromatic nitrogens is 2. The molecule has 5 nitrogen and oxygen atoms in total. The van der Waals surface area contributed by atoms with Crippen LogP contribution in [-0.2, 0) is 5.41 Å². The number of hydrogen-bond donors (Lipinski definition) is 1. The molecule has 1 aliphatic rings. The highest BCUT2D eigenvalue weighted by atomic mass is 16.4. The Balaban J connectivity index is 2.58. The second-order valence-corrected chi connectivity index (χ2v) is 6.19. The molecule has 0 aliphatic heterocycles. The summed E-state index contributed by atoms with van der Waals surface area (Å²) in [6.07, 6.45) is 5.50. The molecular formula is C14H20N2O3. The lowest BCUT2D eigenvalue weighted by atomic mass is 9.89. The van der Waals surface area contributed by atoms with Crippen molar-refractivity contribution in [3.8, 4) is 0 Å². The molecule has 0 aromatic carbocycles. The molecular weight excluding hydrogens is 244 g/mol. The zero-order valence-electron chi connectivity index (χ0n) is 11.6. The van der Waals surface area contributed by atoms with Gasteiger partial charge in [0.2, 0.25) is 0 Å². The topological polar surface area (TPSA) is 72.2 Å². The first-order chi connectivity index (χ1) is 8.80. The van der Waals surface area contributed by atoms with E-state index in [1.54, 1.807) is 0 Å². The molecule has 1 aromatic heterocycles. The van der Waals surface area contributed by atoms with E-state index in [0.29, 0.717) is 5.69 Å². The number of aromatic carboxylic acids is 1. The highest BCUT2D eigenvalue weighted by Crippen LogP contribution is 2.29. The zero-order chi connectivity index (χ0) is 14.2. The Morgan fingerprint density at radius 2 is 1.95 bits per heavy atom. The Hall–Kier alpha value is -1.65. The summed E-state index contributed by atoms with van der Waals surface area (Å²) in [6.45, 7) is 5.59. The summed E-state index contributed by atoms with van der Waals surface area (Å²) in [6, 6.07) is 0.104. The molecule has 2 rings (SSSR count). The summed E-state index contributed by atoms with van der Waals surface area (Å²) in [4.78, 5) is 27.5. The van der Waals surface area contributed by atoms with Gasteiger partial charge in [-0.25, -0.2) is 9.59 Å². The standard InChI is InChI=1S/C14H20N2O3/c1-14(2,3)11-10(12(17)18)8-16(13(19)15-11)9-6-4-5-7-9/h8-9H,4-7H2,1-3H3,(H,17,18). The number of carboxylic acid groups (broad SMARTS) is 1. The van der Waals surface area contributed by atoms with Gasteiger partial charge >= 0.3 is 11.7 Å². The Labute approximate surface area is 112 Å². The van der Waals surface area contributed by atoms with Gasteiger partial charge in [0.25, 0.3) is 0 Å². The van der Waals surface area contributed by atoms with Crippen LogP contribution in [0, 0.1) is 0 Å². The predicted molar refractivity (Wildman–Crippen MR) is 71.7 cm³/mol. The van der Waals surface area contributed by atoms with Gasteiger partial charge < -0.3 is 5.11 Å². The highest BCUT2D eigenvalue weighted by Gasteiger charge is 2.27. The number of rotatable bonds is 2. The summed E-state index contributed by atoms with van der Waals surface area (Å²) in [5.41, 5.74) is -0.290. The third-order valence-corrected chi connectivity index (χ3v) is 3.61. The van der Waals surface area contributed by atoms with Crippen molar-refractivity contribution in [3.63, 3.8) is 0 Å². The number of nitrogens with zero attached hydrogens (tertiary/aromatic N) is 2. The average Bonchev–Trinajstić information content (AvgIpc) is 2.80. The van der Waals surface area contributed by atoms with Crippen molar-refractivity contribution in [1.29, 1.82) is 0 Å². The number of hydrogen-bond acceptors (Lipinski definition) is 3. The lowest BCUT2D eigenvalue weighted by Crippen LogP contribution is -2.32. The Kier molecular flexibility index (Phi) is 3.47. The summed E-state index contributed by atoms with van der Waals surface area (Å²) in [5.74, 6) is -1.02. The molecule has 5 heteroatoms. The smallest absolute Gasteiger partial charge is 0.348 e. The van der Waals surface area contributed by atoms with Gasteiger partial charge in [-0.3, -0.25) is 4.57 Å². The molecule has 1 N–H and O–H groups in total. The lowest BCUT2D eigenvalue weighted by Gasteiger charge is -2.22. The maximum atomic E-state index is 12.1. The fourth-order valence-electron chi connectivity index (χ4n) is 2.64. The molecule has 0 atom stereocenters. The second-order valence-electron chi connectivity index (χ2n) is 6.19.